The molecule has 0 fully saturated rings. The molecule has 56 heavy (non-hydrogen) atoms. The van der Waals surface area contributed by atoms with E-state index >= 15 is 0 Å². The highest BCUT2D eigenvalue weighted by atomic mass is 16.5. The highest BCUT2D eigenvalue weighted by molar-refractivity contribution is 6.14. The Morgan fingerprint density at radius 1 is 0.429 bits per heavy atom. The largest absolute Gasteiger partial charge is 0.457 e. The Balaban J connectivity index is 0.906. The maximum atomic E-state index is 6.67. The fourth-order valence-electron chi connectivity index (χ4n) is 8.66. The Labute approximate surface area is 324 Å². The maximum Gasteiger partial charge on any atom is 0.135 e. The summed E-state index contributed by atoms with van der Waals surface area (Å²) in [6.07, 6.45) is 0. The first-order valence-electron chi connectivity index (χ1n) is 19.2. The highest BCUT2D eigenvalue weighted by Gasteiger charge is 2.16. The van der Waals surface area contributed by atoms with Crippen LogP contribution in [0.1, 0.15) is 5.56 Å². The number of ether oxygens (including phenoxy) is 1. The van der Waals surface area contributed by atoms with Crippen LogP contribution in [-0.2, 0) is 0 Å². The summed E-state index contributed by atoms with van der Waals surface area (Å²) in [6.45, 7) is 2.19. The number of nitrogens with one attached hydrogen (secondary N) is 1. The van der Waals surface area contributed by atoms with Crippen LogP contribution in [0, 0.1) is 6.92 Å². The normalized spacial score (nSPS) is 11.7. The molecule has 0 spiro atoms. The summed E-state index contributed by atoms with van der Waals surface area (Å²) in [5.41, 5.74) is 14.1. The zero-order valence-corrected chi connectivity index (χ0v) is 30.8. The van der Waals surface area contributed by atoms with Crippen molar-refractivity contribution in [3.63, 3.8) is 0 Å². The van der Waals surface area contributed by atoms with Gasteiger partial charge in [-0.25, -0.2) is 0 Å². The monoisotopic (exact) mass is 716 g/mol. The Hall–Kier alpha value is -7.36. The van der Waals surface area contributed by atoms with Gasteiger partial charge in [0.1, 0.15) is 11.5 Å². The molecule has 0 bridgehead atoms. The molecule has 0 radical (unpaired) electrons. The minimum atomic E-state index is 0.814. The van der Waals surface area contributed by atoms with E-state index in [4.69, 9.17) is 4.74 Å². The van der Waals surface area contributed by atoms with Crippen LogP contribution in [0.5, 0.6) is 11.5 Å². The highest BCUT2D eigenvalue weighted by Crippen LogP contribution is 2.40. The van der Waals surface area contributed by atoms with E-state index in [1.807, 2.05) is 6.07 Å². The molecule has 0 aliphatic heterocycles. The van der Waals surface area contributed by atoms with Gasteiger partial charge in [0.2, 0.25) is 0 Å². The molecule has 1 N–H and O–H groups in total. The van der Waals surface area contributed by atoms with E-state index in [9.17, 15) is 0 Å². The van der Waals surface area contributed by atoms with Crippen molar-refractivity contribution < 1.29 is 4.74 Å². The number of benzene rings is 9. The number of hydrogen-bond acceptors (Lipinski definition) is 1. The van der Waals surface area contributed by atoms with Crippen LogP contribution in [0.15, 0.2) is 194 Å². The number of rotatable bonds is 6. The van der Waals surface area contributed by atoms with Gasteiger partial charge < -0.3 is 14.3 Å². The Kier molecular flexibility index (Phi) is 7.39. The zero-order valence-electron chi connectivity index (χ0n) is 30.8. The Morgan fingerprint density at radius 3 is 2.02 bits per heavy atom. The van der Waals surface area contributed by atoms with E-state index < -0.39 is 0 Å². The predicted molar refractivity (Wildman–Crippen MR) is 235 cm³/mol. The van der Waals surface area contributed by atoms with Gasteiger partial charge in [0.25, 0.3) is 0 Å². The van der Waals surface area contributed by atoms with Gasteiger partial charge in [0, 0.05) is 43.8 Å². The maximum absolute atomic E-state index is 6.67. The summed E-state index contributed by atoms with van der Waals surface area (Å²) >= 11 is 0. The van der Waals surface area contributed by atoms with Crippen LogP contribution < -0.4 is 4.74 Å². The smallest absolute Gasteiger partial charge is 0.135 e. The lowest BCUT2D eigenvalue weighted by Gasteiger charge is -2.15. The predicted octanol–water partition coefficient (Wildman–Crippen LogP) is 14.7. The molecule has 0 saturated heterocycles. The first-order valence-corrected chi connectivity index (χ1v) is 19.2. The second-order valence-electron chi connectivity index (χ2n) is 14.7. The van der Waals surface area contributed by atoms with Crippen molar-refractivity contribution in [2.75, 3.05) is 0 Å². The summed E-state index contributed by atoms with van der Waals surface area (Å²) in [6, 6.07) is 69.4. The average Bonchev–Trinajstić information content (AvgIpc) is 3.80. The molecule has 0 aliphatic rings. The van der Waals surface area contributed by atoms with E-state index in [2.05, 4.69) is 205 Å². The SMILES string of the molecule is Cc1cc(-c2ccc3c(c2)c2ccccc2n3-c2ccccc2)ccc1-c1ccccc1Oc1ccc2cc(-c3cccc4[nH]c5ccccc5c34)ccc2c1. The fourth-order valence-corrected chi connectivity index (χ4v) is 8.66. The van der Waals surface area contributed by atoms with Crippen LogP contribution in [0.2, 0.25) is 0 Å². The zero-order chi connectivity index (χ0) is 37.2. The Morgan fingerprint density at radius 2 is 1.11 bits per heavy atom. The van der Waals surface area contributed by atoms with Crippen LogP contribution in [0.4, 0.5) is 0 Å². The quantitative estimate of drug-likeness (QED) is 0.182. The van der Waals surface area contributed by atoms with E-state index in [1.54, 1.807) is 0 Å². The second-order valence-corrected chi connectivity index (χ2v) is 14.7. The van der Waals surface area contributed by atoms with Crippen LogP contribution >= 0.6 is 0 Å². The third-order valence-corrected chi connectivity index (χ3v) is 11.3. The molecule has 2 aromatic heterocycles. The van der Waals surface area contributed by atoms with Crippen molar-refractivity contribution in [1.29, 1.82) is 0 Å². The molecule has 3 nitrogen and oxygen atoms in total. The van der Waals surface area contributed by atoms with E-state index in [0.717, 1.165) is 39.0 Å². The van der Waals surface area contributed by atoms with Gasteiger partial charge in [0.05, 0.1) is 11.0 Å². The molecule has 264 valence electrons. The second kappa shape index (κ2) is 12.9. The summed E-state index contributed by atoms with van der Waals surface area (Å²) in [7, 11) is 0. The summed E-state index contributed by atoms with van der Waals surface area (Å²) in [4.78, 5) is 3.58. The molecule has 3 heteroatoms. The van der Waals surface area contributed by atoms with Gasteiger partial charge in [-0.1, -0.05) is 127 Å². The van der Waals surface area contributed by atoms with Crippen LogP contribution in [-0.4, -0.2) is 9.55 Å². The number of H-pyrrole nitrogens is 1. The van der Waals surface area contributed by atoms with Crippen molar-refractivity contribution in [3.05, 3.63) is 200 Å². The number of aromatic amines is 1. The lowest BCUT2D eigenvalue weighted by atomic mass is 9.94. The van der Waals surface area contributed by atoms with Gasteiger partial charge in [0.15, 0.2) is 0 Å². The molecular formula is C53H36N2O. The van der Waals surface area contributed by atoms with E-state index in [0.29, 0.717) is 0 Å². The molecule has 11 aromatic rings. The van der Waals surface area contributed by atoms with Gasteiger partial charge in [-0.2, -0.15) is 0 Å². The third kappa shape index (κ3) is 5.28. The van der Waals surface area contributed by atoms with Gasteiger partial charge in [-0.05, 0) is 118 Å². The molecule has 0 atom stereocenters. The standard InChI is InChI=1S/C53H36N2O/c1-34-30-35(38-26-29-51-47(33-38)44-14-6-9-20-50(44)55(51)40-12-3-2-4-13-40)25-28-42(34)45-15-7-10-21-52(45)56-41-27-24-36-31-39(23-22-37(36)32-41)43-17-11-19-49-53(43)46-16-5-8-18-48(46)54-49/h2-33,54H,1H3. The fraction of sp³-hybridized carbons (Fsp3) is 0.0189. The summed E-state index contributed by atoms with van der Waals surface area (Å²) in [5.74, 6) is 1.65. The molecule has 11 rings (SSSR count). The van der Waals surface area contributed by atoms with Gasteiger partial charge in [-0.15, -0.1) is 0 Å². The van der Waals surface area contributed by atoms with Crippen molar-refractivity contribution in [1.82, 2.24) is 9.55 Å². The number of nitrogens with zero attached hydrogens (tertiary/aromatic N) is 1. The number of para-hydroxylation sites is 4. The van der Waals surface area contributed by atoms with Crippen LogP contribution in [0.3, 0.4) is 0 Å². The Bertz CT molecular complexity index is 3290. The molecular weight excluding hydrogens is 681 g/mol. The van der Waals surface area contributed by atoms with E-state index in [-0.39, 0.29) is 0 Å². The van der Waals surface area contributed by atoms with Crippen molar-refractivity contribution in [3.8, 4) is 50.6 Å². The van der Waals surface area contributed by atoms with Gasteiger partial charge in [-0.3, -0.25) is 0 Å². The topological polar surface area (TPSA) is 29.9 Å². The van der Waals surface area contributed by atoms with Crippen molar-refractivity contribution >= 4 is 54.4 Å². The third-order valence-electron chi connectivity index (χ3n) is 11.3. The molecule has 9 aromatic carbocycles. The molecule has 0 unspecified atom stereocenters. The van der Waals surface area contributed by atoms with Crippen molar-refractivity contribution in [2.45, 2.75) is 6.92 Å². The lowest BCUT2D eigenvalue weighted by molar-refractivity contribution is 0.485. The molecule has 0 aliphatic carbocycles. The molecule has 0 amide bonds. The first kappa shape index (κ1) is 32.1. The van der Waals surface area contributed by atoms with Gasteiger partial charge >= 0.3 is 0 Å². The van der Waals surface area contributed by atoms with Crippen LogP contribution in [0.25, 0.3) is 93.5 Å². The molecule has 2 heterocycles. The number of fused-ring (bicyclic) bond motifs is 7. The number of aromatic nitrogens is 2. The van der Waals surface area contributed by atoms with E-state index in [1.165, 1.54) is 71.5 Å². The molecule has 0 saturated carbocycles. The van der Waals surface area contributed by atoms with Crippen molar-refractivity contribution in [2.24, 2.45) is 0 Å². The minimum Gasteiger partial charge on any atom is -0.457 e. The minimum absolute atomic E-state index is 0.814. The average molecular weight is 717 g/mol. The lowest BCUT2D eigenvalue weighted by Crippen LogP contribution is -1.93. The summed E-state index contributed by atoms with van der Waals surface area (Å²) in [5, 5.41) is 7.32. The first-order chi connectivity index (χ1) is 27.7. The number of hydrogen-bond donors (Lipinski definition) is 1. The summed E-state index contributed by atoms with van der Waals surface area (Å²) < 4.78 is 9.03. The number of aryl methyl sites for hydroxylation is 1.